The second-order valence-electron chi connectivity index (χ2n) is 6.54. The Kier molecular flexibility index (Phi) is 5.47. The predicted molar refractivity (Wildman–Crippen MR) is 110 cm³/mol. The van der Waals surface area contributed by atoms with Crippen LogP contribution in [0.25, 0.3) is 22.6 Å². The lowest BCUT2D eigenvalue weighted by Crippen LogP contribution is -2.36. The summed E-state index contributed by atoms with van der Waals surface area (Å²) in [6.45, 7) is 1.27. The molecule has 0 saturated carbocycles. The highest BCUT2D eigenvalue weighted by Crippen LogP contribution is 2.23. The summed E-state index contributed by atoms with van der Waals surface area (Å²) in [6.07, 6.45) is 1.73. The molecule has 7 heteroatoms. The first-order valence-electron chi connectivity index (χ1n) is 9.33. The van der Waals surface area contributed by atoms with Crippen molar-refractivity contribution >= 4 is 17.2 Å². The number of carbonyl (C=O) groups excluding carboxylic acids is 1. The van der Waals surface area contributed by atoms with Gasteiger partial charge in [-0.3, -0.25) is 0 Å². The number of rotatable bonds is 6. The van der Waals surface area contributed by atoms with E-state index in [-0.39, 0.29) is 11.8 Å². The average Bonchev–Trinajstić information content (AvgIpc) is 3.13. The fourth-order valence-corrected chi connectivity index (χ4v) is 3.11. The van der Waals surface area contributed by atoms with Gasteiger partial charge in [-0.25, -0.2) is 19.2 Å². The highest BCUT2D eigenvalue weighted by molar-refractivity contribution is 5.77. The van der Waals surface area contributed by atoms with Gasteiger partial charge in [0, 0.05) is 31.4 Å². The molecule has 4 rings (SSSR count). The third-order valence-electron chi connectivity index (χ3n) is 4.52. The van der Waals surface area contributed by atoms with Gasteiger partial charge in [0.1, 0.15) is 17.2 Å². The molecule has 0 aliphatic carbocycles. The van der Waals surface area contributed by atoms with E-state index >= 15 is 0 Å². The van der Waals surface area contributed by atoms with Crippen LogP contribution in [0.3, 0.4) is 0 Å². The molecule has 0 unspecified atom stereocenters. The van der Waals surface area contributed by atoms with E-state index in [1.807, 2.05) is 47.0 Å². The third-order valence-corrected chi connectivity index (χ3v) is 4.52. The molecule has 2 aromatic heterocycles. The van der Waals surface area contributed by atoms with E-state index in [1.54, 1.807) is 18.3 Å². The number of carbonyl (C=O) groups is 1. The van der Waals surface area contributed by atoms with Gasteiger partial charge in [-0.05, 0) is 29.8 Å². The summed E-state index contributed by atoms with van der Waals surface area (Å²) >= 11 is 0. The van der Waals surface area contributed by atoms with Gasteiger partial charge in [0.25, 0.3) is 0 Å². The van der Waals surface area contributed by atoms with Crippen molar-refractivity contribution in [2.75, 3.05) is 6.54 Å². The second kappa shape index (κ2) is 8.52. The summed E-state index contributed by atoms with van der Waals surface area (Å²) in [5.41, 5.74) is 3.41. The number of amides is 2. The number of fused-ring (bicyclic) bond motifs is 1. The molecule has 2 N–H and O–H groups in total. The maximum atomic E-state index is 12.9. The molecule has 29 heavy (non-hydrogen) atoms. The van der Waals surface area contributed by atoms with E-state index in [2.05, 4.69) is 15.6 Å². The fraction of sp³-hybridized carbons (Fsp3) is 0.136. The Bertz CT molecular complexity index is 1110. The first-order chi connectivity index (χ1) is 14.2. The zero-order valence-electron chi connectivity index (χ0n) is 15.7. The largest absolute Gasteiger partial charge is 0.336 e. The number of aromatic nitrogens is 3. The van der Waals surface area contributed by atoms with Crippen molar-refractivity contribution in [1.82, 2.24) is 25.2 Å². The summed E-state index contributed by atoms with van der Waals surface area (Å²) in [5.74, 6) is 0.515. The van der Waals surface area contributed by atoms with Crippen LogP contribution in [0.1, 0.15) is 5.56 Å². The van der Waals surface area contributed by atoms with Crippen LogP contribution in [-0.2, 0) is 13.1 Å². The maximum absolute atomic E-state index is 12.9. The molecule has 0 aliphatic rings. The number of nitrogens with one attached hydrogen (secondary N) is 2. The number of benzene rings is 2. The standard InChI is InChI=1S/C22H20FN5O/c23-18-10-8-16(9-11-18)15-26-22(29)25-13-14-28-20(17-5-2-1-3-6-17)27-19-7-4-12-24-21(19)28/h1-12H,13-15H2,(H2,25,26,29). The monoisotopic (exact) mass is 389 g/mol. The van der Waals surface area contributed by atoms with E-state index in [9.17, 15) is 9.18 Å². The number of pyridine rings is 1. The molecule has 2 amide bonds. The van der Waals surface area contributed by atoms with Gasteiger partial charge in [-0.2, -0.15) is 0 Å². The number of hydrogen-bond acceptors (Lipinski definition) is 3. The predicted octanol–water partition coefficient (Wildman–Crippen LogP) is 3.74. The molecule has 6 nitrogen and oxygen atoms in total. The number of halogens is 1. The fourth-order valence-electron chi connectivity index (χ4n) is 3.11. The van der Waals surface area contributed by atoms with Crippen molar-refractivity contribution < 1.29 is 9.18 Å². The van der Waals surface area contributed by atoms with Gasteiger partial charge >= 0.3 is 6.03 Å². The minimum absolute atomic E-state index is 0.284. The molecule has 0 radical (unpaired) electrons. The molecular weight excluding hydrogens is 369 g/mol. The van der Waals surface area contributed by atoms with Gasteiger partial charge < -0.3 is 15.2 Å². The van der Waals surface area contributed by atoms with E-state index in [0.29, 0.717) is 19.6 Å². The van der Waals surface area contributed by atoms with Crippen molar-refractivity contribution in [2.45, 2.75) is 13.1 Å². The Morgan fingerprint density at radius 1 is 0.966 bits per heavy atom. The Morgan fingerprint density at radius 3 is 2.55 bits per heavy atom. The summed E-state index contributed by atoms with van der Waals surface area (Å²) in [7, 11) is 0. The summed E-state index contributed by atoms with van der Waals surface area (Å²) in [6, 6.07) is 19.4. The van der Waals surface area contributed by atoms with E-state index in [0.717, 1.165) is 28.1 Å². The lowest BCUT2D eigenvalue weighted by Gasteiger charge is -2.11. The zero-order valence-corrected chi connectivity index (χ0v) is 15.7. The van der Waals surface area contributed by atoms with Crippen LogP contribution in [-0.4, -0.2) is 27.1 Å². The Hall–Kier alpha value is -3.74. The zero-order chi connectivity index (χ0) is 20.1. The molecule has 0 atom stereocenters. The van der Waals surface area contributed by atoms with Gasteiger partial charge in [0.2, 0.25) is 0 Å². The van der Waals surface area contributed by atoms with Crippen LogP contribution < -0.4 is 10.6 Å². The molecule has 0 saturated heterocycles. The van der Waals surface area contributed by atoms with Crippen LogP contribution in [0, 0.1) is 5.82 Å². The van der Waals surface area contributed by atoms with E-state index in [1.165, 1.54) is 12.1 Å². The van der Waals surface area contributed by atoms with Crippen molar-refractivity contribution in [2.24, 2.45) is 0 Å². The van der Waals surface area contributed by atoms with Gasteiger partial charge in [0.05, 0.1) is 0 Å². The number of hydrogen-bond donors (Lipinski definition) is 2. The first-order valence-corrected chi connectivity index (χ1v) is 9.33. The molecule has 2 heterocycles. The second-order valence-corrected chi connectivity index (χ2v) is 6.54. The van der Waals surface area contributed by atoms with Crippen molar-refractivity contribution in [3.05, 3.63) is 84.3 Å². The van der Waals surface area contributed by atoms with Crippen LogP contribution in [0.5, 0.6) is 0 Å². The quantitative estimate of drug-likeness (QED) is 0.528. The number of nitrogens with zero attached hydrogens (tertiary/aromatic N) is 3. The molecule has 0 spiro atoms. The first kappa shape index (κ1) is 18.6. The highest BCUT2D eigenvalue weighted by atomic mass is 19.1. The average molecular weight is 389 g/mol. The van der Waals surface area contributed by atoms with Gasteiger partial charge in [0.15, 0.2) is 5.65 Å². The van der Waals surface area contributed by atoms with Crippen molar-refractivity contribution in [1.29, 1.82) is 0 Å². The van der Waals surface area contributed by atoms with Gasteiger partial charge in [-0.15, -0.1) is 0 Å². The molecular formula is C22H20FN5O. The van der Waals surface area contributed by atoms with E-state index in [4.69, 9.17) is 4.98 Å². The summed E-state index contributed by atoms with van der Waals surface area (Å²) in [5, 5.41) is 5.61. The summed E-state index contributed by atoms with van der Waals surface area (Å²) in [4.78, 5) is 21.2. The van der Waals surface area contributed by atoms with Crippen LogP contribution >= 0.6 is 0 Å². The topological polar surface area (TPSA) is 71.8 Å². The SMILES string of the molecule is O=C(NCCn1c(-c2ccccc2)nc2cccnc21)NCc1ccc(F)cc1. The van der Waals surface area contributed by atoms with Crippen molar-refractivity contribution in [3.63, 3.8) is 0 Å². The van der Waals surface area contributed by atoms with Crippen LogP contribution in [0.2, 0.25) is 0 Å². The molecule has 4 aromatic rings. The normalized spacial score (nSPS) is 10.8. The van der Waals surface area contributed by atoms with E-state index < -0.39 is 0 Å². The minimum Gasteiger partial charge on any atom is -0.336 e. The Morgan fingerprint density at radius 2 is 1.76 bits per heavy atom. The number of imidazole rings is 1. The van der Waals surface area contributed by atoms with Gasteiger partial charge in [-0.1, -0.05) is 42.5 Å². The molecule has 0 aliphatic heterocycles. The molecule has 0 fully saturated rings. The Labute approximate surface area is 167 Å². The van der Waals surface area contributed by atoms with Crippen LogP contribution in [0.4, 0.5) is 9.18 Å². The third kappa shape index (κ3) is 4.40. The lowest BCUT2D eigenvalue weighted by molar-refractivity contribution is 0.240. The summed E-state index contributed by atoms with van der Waals surface area (Å²) < 4.78 is 14.9. The highest BCUT2D eigenvalue weighted by Gasteiger charge is 2.13. The van der Waals surface area contributed by atoms with Crippen LogP contribution in [0.15, 0.2) is 72.9 Å². The maximum Gasteiger partial charge on any atom is 0.315 e. The lowest BCUT2D eigenvalue weighted by atomic mass is 10.2. The number of urea groups is 1. The molecule has 146 valence electrons. The minimum atomic E-state index is -0.298. The Balaban J connectivity index is 1.41. The molecule has 2 aromatic carbocycles. The van der Waals surface area contributed by atoms with Crippen molar-refractivity contribution in [3.8, 4) is 11.4 Å². The molecule has 0 bridgehead atoms. The smallest absolute Gasteiger partial charge is 0.315 e.